The molecule has 2 aromatic heterocycles. The quantitative estimate of drug-likeness (QED) is 0.811. The van der Waals surface area contributed by atoms with Gasteiger partial charge in [0, 0.05) is 31.2 Å². The molecule has 0 aliphatic rings. The summed E-state index contributed by atoms with van der Waals surface area (Å²) in [5.41, 5.74) is -0.0251. The van der Waals surface area contributed by atoms with E-state index in [1.54, 1.807) is 25.3 Å². The Morgan fingerprint density at radius 1 is 1.40 bits per heavy atom. The zero-order valence-electron chi connectivity index (χ0n) is 11.0. The van der Waals surface area contributed by atoms with Crippen LogP contribution < -0.4 is 0 Å². The van der Waals surface area contributed by atoms with Gasteiger partial charge in [0.2, 0.25) is 0 Å². The molecule has 0 bridgehead atoms. The highest BCUT2D eigenvalue weighted by Gasteiger charge is 2.36. The smallest absolute Gasteiger partial charge is 0.299 e. The second kappa shape index (κ2) is 5.44. The van der Waals surface area contributed by atoms with E-state index in [1.807, 2.05) is 0 Å². The lowest BCUT2D eigenvalue weighted by Gasteiger charge is -2.13. The Balaban J connectivity index is 2.53. The molecule has 2 aromatic rings. The van der Waals surface area contributed by atoms with Gasteiger partial charge in [0.25, 0.3) is 0 Å². The van der Waals surface area contributed by atoms with Gasteiger partial charge in [-0.2, -0.15) is 18.3 Å². The minimum atomic E-state index is -4.47. The molecule has 2 heterocycles. The van der Waals surface area contributed by atoms with Crippen LogP contribution in [0.1, 0.15) is 18.7 Å². The van der Waals surface area contributed by atoms with Crippen LogP contribution in [-0.4, -0.2) is 28.0 Å². The van der Waals surface area contributed by atoms with Crippen molar-refractivity contribution in [2.45, 2.75) is 19.1 Å². The fraction of sp³-hybridized carbons (Fsp3) is 0.308. The minimum absolute atomic E-state index is 0.238. The Morgan fingerprint density at radius 2 is 2.15 bits per heavy atom. The molecule has 0 saturated carbocycles. The van der Waals surface area contributed by atoms with Crippen LogP contribution in [-0.2, 0) is 6.18 Å². The van der Waals surface area contributed by atoms with Crippen molar-refractivity contribution < 1.29 is 13.2 Å². The monoisotopic (exact) mass is 282 g/mol. The molecule has 0 radical (unpaired) electrons. The first-order valence-electron chi connectivity index (χ1n) is 5.93. The fourth-order valence-electron chi connectivity index (χ4n) is 1.85. The predicted octanol–water partition coefficient (Wildman–Crippen LogP) is 3.23. The van der Waals surface area contributed by atoms with E-state index in [-0.39, 0.29) is 5.69 Å². The van der Waals surface area contributed by atoms with Crippen LogP contribution in [0.2, 0.25) is 0 Å². The molecule has 0 aliphatic carbocycles. The molecule has 7 heteroatoms. The topological polar surface area (TPSA) is 43.1 Å². The highest BCUT2D eigenvalue weighted by Crippen LogP contribution is 2.33. The number of hydrogen-bond donors (Lipinski definition) is 0. The molecule has 0 aliphatic heterocycles. The molecular weight excluding hydrogens is 269 g/mol. The maximum absolute atomic E-state index is 13.1. The number of nitrogens with zero attached hydrogens (tertiary/aromatic N) is 4. The van der Waals surface area contributed by atoms with Crippen LogP contribution in [0.5, 0.6) is 0 Å². The number of hydrogen-bond acceptors (Lipinski definition) is 3. The summed E-state index contributed by atoms with van der Waals surface area (Å²) in [5.74, 6) is 0. The number of halogens is 3. The van der Waals surface area contributed by atoms with Crippen LogP contribution in [0, 0.1) is 0 Å². The molecule has 20 heavy (non-hydrogen) atoms. The van der Waals surface area contributed by atoms with E-state index in [2.05, 4.69) is 15.1 Å². The Hall–Kier alpha value is -2.18. The fourth-order valence-corrected chi connectivity index (χ4v) is 1.85. The zero-order chi connectivity index (χ0) is 14.8. The van der Waals surface area contributed by atoms with Gasteiger partial charge in [0.05, 0.1) is 11.7 Å². The zero-order valence-corrected chi connectivity index (χ0v) is 11.0. The van der Waals surface area contributed by atoms with Crippen molar-refractivity contribution in [3.63, 3.8) is 0 Å². The number of pyridine rings is 1. The first kappa shape index (κ1) is 14.2. The lowest BCUT2D eigenvalue weighted by molar-refractivity contribution is -0.144. The van der Waals surface area contributed by atoms with Crippen LogP contribution in [0.15, 0.2) is 35.6 Å². The Kier molecular flexibility index (Phi) is 3.87. The van der Waals surface area contributed by atoms with Gasteiger partial charge in [0.1, 0.15) is 5.69 Å². The van der Waals surface area contributed by atoms with Gasteiger partial charge in [0.15, 0.2) is 0 Å². The van der Waals surface area contributed by atoms with E-state index in [4.69, 9.17) is 0 Å². The molecular formula is C13H13F3N4. The number of rotatable bonds is 3. The maximum Gasteiger partial charge on any atom is 0.433 e. The minimum Gasteiger partial charge on any atom is -0.299 e. The molecule has 0 saturated heterocycles. The normalized spacial score (nSPS) is 13.8. The predicted molar refractivity (Wildman–Crippen MR) is 69.6 cm³/mol. The van der Waals surface area contributed by atoms with Crippen molar-refractivity contribution >= 4 is 6.21 Å². The summed E-state index contributed by atoms with van der Waals surface area (Å²) in [6, 6.07) is 3.76. The van der Waals surface area contributed by atoms with E-state index >= 15 is 0 Å². The summed E-state index contributed by atoms with van der Waals surface area (Å²) >= 11 is 0. The molecule has 0 amide bonds. The lowest BCUT2D eigenvalue weighted by Crippen LogP contribution is -2.18. The van der Waals surface area contributed by atoms with E-state index < -0.39 is 17.9 Å². The largest absolute Gasteiger partial charge is 0.433 e. The highest BCUT2D eigenvalue weighted by atomic mass is 19.4. The van der Waals surface area contributed by atoms with Crippen LogP contribution in [0.3, 0.4) is 0 Å². The highest BCUT2D eigenvalue weighted by molar-refractivity contribution is 5.63. The Morgan fingerprint density at radius 3 is 2.70 bits per heavy atom. The Bertz CT molecular complexity index is 602. The Labute approximate surface area is 114 Å². The number of aliphatic imine (C=N–C) groups is 1. The summed E-state index contributed by atoms with van der Waals surface area (Å²) in [5, 5.41) is 4.03. The average Bonchev–Trinajstić information content (AvgIpc) is 2.85. The number of aromatic nitrogens is 3. The third kappa shape index (κ3) is 2.87. The molecule has 0 N–H and O–H groups in total. The van der Waals surface area contributed by atoms with Crippen molar-refractivity contribution in [3.05, 3.63) is 36.3 Å². The van der Waals surface area contributed by atoms with Gasteiger partial charge >= 0.3 is 6.18 Å². The van der Waals surface area contributed by atoms with Crippen molar-refractivity contribution in [2.24, 2.45) is 4.99 Å². The molecule has 106 valence electrons. The van der Waals surface area contributed by atoms with Crippen LogP contribution in [0.4, 0.5) is 13.2 Å². The van der Waals surface area contributed by atoms with Gasteiger partial charge in [-0.25, -0.2) is 0 Å². The summed E-state index contributed by atoms with van der Waals surface area (Å²) in [6.07, 6.45) is -0.0263. The molecule has 1 atom stereocenters. The second-order valence-corrected chi connectivity index (χ2v) is 4.25. The molecule has 1 unspecified atom stereocenters. The van der Waals surface area contributed by atoms with Crippen molar-refractivity contribution in [1.82, 2.24) is 14.8 Å². The molecule has 0 fully saturated rings. The maximum atomic E-state index is 13.1. The van der Waals surface area contributed by atoms with Crippen LogP contribution >= 0.6 is 0 Å². The third-order valence-electron chi connectivity index (χ3n) is 2.73. The SMILES string of the molecule is CN=CC(C)n1nc(-c2cccnc2)cc1C(F)(F)F. The van der Waals surface area contributed by atoms with E-state index in [1.165, 1.54) is 19.5 Å². The summed E-state index contributed by atoms with van der Waals surface area (Å²) < 4.78 is 40.1. The van der Waals surface area contributed by atoms with Gasteiger partial charge in [-0.1, -0.05) is 0 Å². The summed E-state index contributed by atoms with van der Waals surface area (Å²) in [6.45, 7) is 1.60. The summed E-state index contributed by atoms with van der Waals surface area (Å²) in [7, 11) is 1.51. The van der Waals surface area contributed by atoms with E-state index in [0.717, 1.165) is 10.7 Å². The average molecular weight is 282 g/mol. The van der Waals surface area contributed by atoms with E-state index in [9.17, 15) is 13.2 Å². The van der Waals surface area contributed by atoms with Crippen molar-refractivity contribution in [1.29, 1.82) is 0 Å². The van der Waals surface area contributed by atoms with Gasteiger partial charge in [-0.05, 0) is 25.1 Å². The third-order valence-corrected chi connectivity index (χ3v) is 2.73. The molecule has 0 spiro atoms. The number of alkyl halides is 3. The lowest BCUT2D eigenvalue weighted by atomic mass is 10.2. The summed E-state index contributed by atoms with van der Waals surface area (Å²) in [4.78, 5) is 7.64. The van der Waals surface area contributed by atoms with Gasteiger partial charge < -0.3 is 0 Å². The van der Waals surface area contributed by atoms with Crippen molar-refractivity contribution in [2.75, 3.05) is 7.05 Å². The first-order valence-corrected chi connectivity index (χ1v) is 5.93. The van der Waals surface area contributed by atoms with Crippen LogP contribution in [0.25, 0.3) is 11.3 Å². The first-order chi connectivity index (χ1) is 9.43. The van der Waals surface area contributed by atoms with Gasteiger partial charge in [-0.3, -0.25) is 14.7 Å². The molecule has 2 rings (SSSR count). The molecule has 4 nitrogen and oxygen atoms in total. The molecule has 0 aromatic carbocycles. The van der Waals surface area contributed by atoms with Crippen molar-refractivity contribution in [3.8, 4) is 11.3 Å². The second-order valence-electron chi connectivity index (χ2n) is 4.25. The standard InChI is InChI=1S/C13H13F3N4/c1-9(7-17-2)20-12(13(14,15)16)6-11(19-20)10-4-3-5-18-8-10/h3-9H,1-2H3. The van der Waals surface area contributed by atoms with Gasteiger partial charge in [-0.15, -0.1) is 0 Å². The van der Waals surface area contributed by atoms with E-state index in [0.29, 0.717) is 5.56 Å².